The molecule has 0 bridgehead atoms. The third kappa shape index (κ3) is 4.26. The highest BCUT2D eigenvalue weighted by atomic mass is 16.1. The number of anilines is 2. The molecule has 0 saturated carbocycles. The Balaban J connectivity index is 2.40. The summed E-state index contributed by atoms with van der Waals surface area (Å²) in [7, 11) is 0. The molecule has 1 aromatic rings. The van der Waals surface area contributed by atoms with E-state index in [4.69, 9.17) is 5.73 Å². The average Bonchev–Trinajstić information content (AvgIpc) is 2.14. The van der Waals surface area contributed by atoms with Gasteiger partial charge in [0.25, 0.3) is 0 Å². The molecule has 0 unspecified atom stereocenters. The van der Waals surface area contributed by atoms with Crippen LogP contribution in [0.25, 0.3) is 0 Å². The molecule has 0 aliphatic carbocycles. The van der Waals surface area contributed by atoms with Gasteiger partial charge in [0.15, 0.2) is 0 Å². The Morgan fingerprint density at radius 3 is 2.93 bits per heavy atom. The highest BCUT2D eigenvalue weighted by Gasteiger charge is 2.03. The fraction of sp³-hybridized carbons (Fsp3) is 0.444. The lowest BCUT2D eigenvalue weighted by molar-refractivity contribution is -0.119. The van der Waals surface area contributed by atoms with Crippen LogP contribution in [0, 0.1) is 0 Å². The Bertz CT molecular complexity index is 339. The molecule has 15 heavy (non-hydrogen) atoms. The zero-order valence-electron chi connectivity index (χ0n) is 8.82. The lowest BCUT2D eigenvalue weighted by Crippen LogP contribution is -2.35. The summed E-state index contributed by atoms with van der Waals surface area (Å²) in [6.45, 7) is 3.98. The van der Waals surface area contributed by atoms with Gasteiger partial charge >= 0.3 is 0 Å². The normalized spacial score (nSPS) is 10.1. The number of rotatable bonds is 4. The molecule has 1 rings (SSSR count). The van der Waals surface area contributed by atoms with Crippen molar-refractivity contribution in [2.24, 2.45) is 0 Å². The Labute approximate surface area is 88.3 Å². The van der Waals surface area contributed by atoms with Gasteiger partial charge in [-0.1, -0.05) is 0 Å². The quantitative estimate of drug-likeness (QED) is 0.648. The summed E-state index contributed by atoms with van der Waals surface area (Å²) < 4.78 is 0. The molecule has 0 saturated heterocycles. The minimum atomic E-state index is -0.0813. The number of aromatic nitrogens is 2. The van der Waals surface area contributed by atoms with Gasteiger partial charge in [-0.15, -0.1) is 0 Å². The molecule has 0 fully saturated rings. The highest BCUT2D eigenvalue weighted by molar-refractivity contribution is 5.80. The minimum Gasteiger partial charge on any atom is -0.368 e. The second kappa shape index (κ2) is 5.14. The van der Waals surface area contributed by atoms with Crippen LogP contribution in [-0.2, 0) is 4.79 Å². The first-order valence-electron chi connectivity index (χ1n) is 4.69. The van der Waals surface area contributed by atoms with E-state index in [-0.39, 0.29) is 24.4 Å². The number of carbonyl (C=O) groups is 1. The van der Waals surface area contributed by atoms with Crippen LogP contribution in [0.15, 0.2) is 12.3 Å². The number of nitrogens with two attached hydrogens (primary N) is 1. The zero-order chi connectivity index (χ0) is 11.3. The van der Waals surface area contributed by atoms with Crippen molar-refractivity contribution >= 4 is 17.7 Å². The van der Waals surface area contributed by atoms with Gasteiger partial charge in [-0.25, -0.2) is 4.98 Å². The maximum Gasteiger partial charge on any atom is 0.239 e. The molecule has 1 heterocycles. The molecule has 0 aliphatic heterocycles. The molecule has 1 aromatic heterocycles. The van der Waals surface area contributed by atoms with Gasteiger partial charge in [-0.3, -0.25) is 4.79 Å². The SMILES string of the molecule is CC(C)NC(=O)CNc1ccnc(N)n1. The number of hydrogen-bond donors (Lipinski definition) is 3. The number of hydrogen-bond acceptors (Lipinski definition) is 5. The fourth-order valence-corrected chi connectivity index (χ4v) is 1.02. The van der Waals surface area contributed by atoms with Crippen molar-refractivity contribution in [3.05, 3.63) is 12.3 Å². The first-order chi connectivity index (χ1) is 7.08. The van der Waals surface area contributed by atoms with E-state index < -0.39 is 0 Å². The smallest absolute Gasteiger partial charge is 0.239 e. The van der Waals surface area contributed by atoms with E-state index in [2.05, 4.69) is 20.6 Å². The van der Waals surface area contributed by atoms with Crippen molar-refractivity contribution in [3.8, 4) is 0 Å². The van der Waals surface area contributed by atoms with E-state index in [9.17, 15) is 4.79 Å². The Kier molecular flexibility index (Phi) is 3.84. The van der Waals surface area contributed by atoms with Crippen LogP contribution in [0.5, 0.6) is 0 Å². The molecule has 6 heteroatoms. The van der Waals surface area contributed by atoms with Crippen LogP contribution < -0.4 is 16.4 Å². The minimum absolute atomic E-state index is 0.0813. The van der Waals surface area contributed by atoms with Crippen LogP contribution in [0.4, 0.5) is 11.8 Å². The van der Waals surface area contributed by atoms with Gasteiger partial charge in [-0.05, 0) is 19.9 Å². The highest BCUT2D eigenvalue weighted by Crippen LogP contribution is 2.01. The third-order valence-corrected chi connectivity index (χ3v) is 1.55. The first kappa shape index (κ1) is 11.2. The molecule has 4 N–H and O–H groups in total. The molecule has 0 aromatic carbocycles. The predicted octanol–water partition coefficient (Wildman–Crippen LogP) is -0.00470. The van der Waals surface area contributed by atoms with Crippen LogP contribution in [-0.4, -0.2) is 28.5 Å². The number of nitrogen functional groups attached to an aromatic ring is 1. The largest absolute Gasteiger partial charge is 0.368 e. The summed E-state index contributed by atoms with van der Waals surface area (Å²) in [6.07, 6.45) is 1.53. The Hall–Kier alpha value is -1.85. The summed E-state index contributed by atoms with van der Waals surface area (Å²) in [5.41, 5.74) is 5.38. The standard InChI is InChI=1S/C9H15N5O/c1-6(2)13-8(15)5-12-7-3-4-11-9(10)14-7/h3-4,6H,5H2,1-2H3,(H,13,15)(H3,10,11,12,14). The summed E-state index contributed by atoms with van der Waals surface area (Å²) in [4.78, 5) is 18.9. The first-order valence-corrected chi connectivity index (χ1v) is 4.69. The topological polar surface area (TPSA) is 92.9 Å². The fourth-order valence-electron chi connectivity index (χ4n) is 1.02. The van der Waals surface area contributed by atoms with E-state index in [0.717, 1.165) is 0 Å². The van der Waals surface area contributed by atoms with Crippen LogP contribution in [0.1, 0.15) is 13.8 Å². The predicted molar refractivity (Wildman–Crippen MR) is 58.2 cm³/mol. The zero-order valence-corrected chi connectivity index (χ0v) is 8.82. The van der Waals surface area contributed by atoms with E-state index in [1.54, 1.807) is 6.07 Å². The molecule has 1 amide bonds. The average molecular weight is 209 g/mol. The van der Waals surface area contributed by atoms with Crippen molar-refractivity contribution in [1.29, 1.82) is 0 Å². The molecular weight excluding hydrogens is 194 g/mol. The third-order valence-electron chi connectivity index (χ3n) is 1.55. The van der Waals surface area contributed by atoms with Crippen molar-refractivity contribution in [2.75, 3.05) is 17.6 Å². The summed E-state index contributed by atoms with van der Waals surface area (Å²) in [6, 6.07) is 1.79. The van der Waals surface area contributed by atoms with Gasteiger partial charge in [0.05, 0.1) is 6.54 Å². The van der Waals surface area contributed by atoms with Gasteiger partial charge in [-0.2, -0.15) is 4.98 Å². The van der Waals surface area contributed by atoms with E-state index >= 15 is 0 Å². The van der Waals surface area contributed by atoms with Crippen molar-refractivity contribution in [2.45, 2.75) is 19.9 Å². The van der Waals surface area contributed by atoms with Crippen molar-refractivity contribution in [1.82, 2.24) is 15.3 Å². The lowest BCUT2D eigenvalue weighted by Gasteiger charge is -2.09. The van der Waals surface area contributed by atoms with E-state index in [1.807, 2.05) is 13.8 Å². The van der Waals surface area contributed by atoms with Crippen molar-refractivity contribution < 1.29 is 4.79 Å². The summed E-state index contributed by atoms with van der Waals surface area (Å²) >= 11 is 0. The van der Waals surface area contributed by atoms with E-state index in [1.165, 1.54) is 6.20 Å². The molecule has 0 aliphatic rings. The summed E-state index contributed by atoms with van der Waals surface area (Å²) in [5.74, 6) is 0.646. The molecule has 0 radical (unpaired) electrons. The van der Waals surface area contributed by atoms with Crippen LogP contribution >= 0.6 is 0 Å². The molecule has 0 spiro atoms. The van der Waals surface area contributed by atoms with Crippen molar-refractivity contribution in [3.63, 3.8) is 0 Å². The maximum atomic E-state index is 11.3. The molecule has 0 atom stereocenters. The second-order valence-corrected chi connectivity index (χ2v) is 3.38. The second-order valence-electron chi connectivity index (χ2n) is 3.38. The van der Waals surface area contributed by atoms with Gasteiger partial charge in [0.1, 0.15) is 5.82 Å². The molecule has 82 valence electrons. The van der Waals surface area contributed by atoms with E-state index in [0.29, 0.717) is 5.82 Å². The monoisotopic (exact) mass is 209 g/mol. The van der Waals surface area contributed by atoms with Crippen LogP contribution in [0.2, 0.25) is 0 Å². The molecule has 6 nitrogen and oxygen atoms in total. The van der Waals surface area contributed by atoms with Crippen LogP contribution in [0.3, 0.4) is 0 Å². The number of nitrogens with one attached hydrogen (secondary N) is 2. The Morgan fingerprint density at radius 1 is 1.60 bits per heavy atom. The lowest BCUT2D eigenvalue weighted by atomic mass is 10.4. The number of amides is 1. The van der Waals surface area contributed by atoms with Gasteiger partial charge < -0.3 is 16.4 Å². The number of nitrogens with zero attached hydrogens (tertiary/aromatic N) is 2. The Morgan fingerprint density at radius 2 is 2.33 bits per heavy atom. The maximum absolute atomic E-state index is 11.3. The summed E-state index contributed by atoms with van der Waals surface area (Å²) in [5, 5.41) is 5.60. The van der Waals surface area contributed by atoms with Gasteiger partial charge in [0, 0.05) is 12.2 Å². The number of carbonyl (C=O) groups excluding carboxylic acids is 1. The molecular formula is C9H15N5O. The van der Waals surface area contributed by atoms with Gasteiger partial charge in [0.2, 0.25) is 11.9 Å².